The van der Waals surface area contributed by atoms with Gasteiger partial charge in [-0.3, -0.25) is 0 Å². The number of nitrogens with zero attached hydrogens (tertiary/aromatic N) is 3. The van der Waals surface area contributed by atoms with Crippen LogP contribution in [-0.2, 0) is 0 Å². The summed E-state index contributed by atoms with van der Waals surface area (Å²) in [6.07, 6.45) is 4.20. The molecular formula is C18H20ClN3S. The van der Waals surface area contributed by atoms with Gasteiger partial charge in [0.15, 0.2) is 0 Å². The number of hydrogen-bond acceptors (Lipinski definition) is 4. The molecule has 1 saturated heterocycles. The lowest BCUT2D eigenvalue weighted by Gasteiger charge is -2.31. The predicted octanol–water partition coefficient (Wildman–Crippen LogP) is 5.02. The van der Waals surface area contributed by atoms with Crippen LogP contribution in [0.15, 0.2) is 42.0 Å². The molecule has 0 aliphatic carbocycles. The molecule has 2 aromatic heterocycles. The van der Waals surface area contributed by atoms with Crippen molar-refractivity contribution in [2.45, 2.75) is 19.8 Å². The average Bonchev–Trinajstić information content (AvgIpc) is 3.00. The monoisotopic (exact) mass is 345 g/mol. The SMILES string of the molecule is CC1CCN(c2ncnc3scc(-c4ccccc4)c23)CC1.Cl. The maximum atomic E-state index is 4.64. The van der Waals surface area contributed by atoms with Gasteiger partial charge in [-0.1, -0.05) is 37.3 Å². The zero-order chi connectivity index (χ0) is 14.9. The summed E-state index contributed by atoms with van der Waals surface area (Å²) in [5, 5.41) is 3.43. The third-order valence-corrected chi connectivity index (χ3v) is 5.40. The number of aromatic nitrogens is 2. The molecule has 1 aromatic carbocycles. The van der Waals surface area contributed by atoms with Gasteiger partial charge in [0.2, 0.25) is 0 Å². The summed E-state index contributed by atoms with van der Waals surface area (Å²) in [5.41, 5.74) is 2.50. The Bertz CT molecular complexity index is 779. The van der Waals surface area contributed by atoms with E-state index in [0.29, 0.717) is 0 Å². The van der Waals surface area contributed by atoms with Gasteiger partial charge in [0, 0.05) is 24.0 Å². The molecule has 1 aliphatic rings. The smallest absolute Gasteiger partial charge is 0.141 e. The van der Waals surface area contributed by atoms with Gasteiger partial charge in [0.05, 0.1) is 5.39 Å². The highest BCUT2D eigenvalue weighted by Gasteiger charge is 2.21. The lowest BCUT2D eigenvalue weighted by molar-refractivity contribution is 0.437. The summed E-state index contributed by atoms with van der Waals surface area (Å²) >= 11 is 1.71. The standard InChI is InChI=1S/C18H19N3S.ClH/c1-13-7-9-21(10-8-13)17-16-15(14-5-3-2-4-6-14)11-22-18(16)20-12-19-17;/h2-6,11-13H,7-10H2,1H3;1H. The third kappa shape index (κ3) is 3.06. The fraction of sp³-hybridized carbons (Fsp3) is 0.333. The second kappa shape index (κ2) is 6.85. The first-order valence-electron chi connectivity index (χ1n) is 7.85. The number of rotatable bonds is 2. The van der Waals surface area contributed by atoms with E-state index in [1.165, 1.54) is 29.4 Å². The van der Waals surface area contributed by atoms with Crippen LogP contribution >= 0.6 is 23.7 Å². The van der Waals surface area contributed by atoms with E-state index in [9.17, 15) is 0 Å². The van der Waals surface area contributed by atoms with Crippen LogP contribution in [0, 0.1) is 5.92 Å². The molecule has 0 bridgehead atoms. The van der Waals surface area contributed by atoms with Crippen LogP contribution in [0.5, 0.6) is 0 Å². The minimum absolute atomic E-state index is 0. The molecule has 5 heteroatoms. The fourth-order valence-corrected chi connectivity index (χ4v) is 4.06. The molecule has 0 saturated carbocycles. The quantitative estimate of drug-likeness (QED) is 0.653. The Kier molecular flexibility index (Phi) is 4.83. The van der Waals surface area contributed by atoms with Crippen molar-refractivity contribution in [3.8, 4) is 11.1 Å². The van der Waals surface area contributed by atoms with Gasteiger partial charge in [0.25, 0.3) is 0 Å². The maximum Gasteiger partial charge on any atom is 0.141 e. The van der Waals surface area contributed by atoms with Crippen molar-refractivity contribution in [2.75, 3.05) is 18.0 Å². The Morgan fingerprint density at radius 2 is 1.83 bits per heavy atom. The minimum atomic E-state index is 0. The number of thiophene rings is 1. The van der Waals surface area contributed by atoms with E-state index in [4.69, 9.17) is 0 Å². The fourth-order valence-electron chi connectivity index (χ4n) is 3.15. The van der Waals surface area contributed by atoms with E-state index in [0.717, 1.165) is 29.7 Å². The Labute approximate surface area is 146 Å². The number of fused-ring (bicyclic) bond motifs is 1. The Morgan fingerprint density at radius 3 is 2.57 bits per heavy atom. The zero-order valence-electron chi connectivity index (χ0n) is 13.1. The first-order chi connectivity index (χ1) is 10.8. The highest BCUT2D eigenvalue weighted by Crippen LogP contribution is 2.38. The molecule has 4 rings (SSSR count). The summed E-state index contributed by atoms with van der Waals surface area (Å²) < 4.78 is 0. The topological polar surface area (TPSA) is 29.0 Å². The van der Waals surface area contributed by atoms with E-state index in [2.05, 4.69) is 57.5 Å². The number of hydrogen-bond donors (Lipinski definition) is 0. The van der Waals surface area contributed by atoms with Gasteiger partial charge >= 0.3 is 0 Å². The molecule has 0 atom stereocenters. The van der Waals surface area contributed by atoms with Crippen molar-refractivity contribution in [3.63, 3.8) is 0 Å². The lowest BCUT2D eigenvalue weighted by atomic mass is 9.98. The van der Waals surface area contributed by atoms with Crippen LogP contribution in [0.1, 0.15) is 19.8 Å². The van der Waals surface area contributed by atoms with Gasteiger partial charge in [-0.2, -0.15) is 0 Å². The molecule has 0 spiro atoms. The second-order valence-electron chi connectivity index (χ2n) is 6.06. The number of anilines is 1. The van der Waals surface area contributed by atoms with E-state index in [1.807, 2.05) is 0 Å². The van der Waals surface area contributed by atoms with E-state index in [1.54, 1.807) is 17.7 Å². The summed E-state index contributed by atoms with van der Waals surface area (Å²) in [6, 6.07) is 10.6. The highest BCUT2D eigenvalue weighted by molar-refractivity contribution is 7.17. The second-order valence-corrected chi connectivity index (χ2v) is 6.92. The molecule has 3 aromatic rings. The van der Waals surface area contributed by atoms with E-state index in [-0.39, 0.29) is 12.4 Å². The van der Waals surface area contributed by atoms with Crippen molar-refractivity contribution in [1.82, 2.24) is 9.97 Å². The lowest BCUT2D eigenvalue weighted by Crippen LogP contribution is -2.33. The van der Waals surface area contributed by atoms with Gasteiger partial charge < -0.3 is 4.90 Å². The number of benzene rings is 1. The normalized spacial score (nSPS) is 15.6. The van der Waals surface area contributed by atoms with Crippen LogP contribution in [-0.4, -0.2) is 23.1 Å². The van der Waals surface area contributed by atoms with E-state index >= 15 is 0 Å². The number of piperidine rings is 1. The van der Waals surface area contributed by atoms with Crippen LogP contribution < -0.4 is 4.90 Å². The third-order valence-electron chi connectivity index (χ3n) is 4.52. The Balaban J connectivity index is 0.00000156. The van der Waals surface area contributed by atoms with Crippen LogP contribution in [0.25, 0.3) is 21.3 Å². The molecule has 1 aliphatic heterocycles. The maximum absolute atomic E-state index is 4.64. The van der Waals surface area contributed by atoms with Crippen LogP contribution in [0.2, 0.25) is 0 Å². The van der Waals surface area contributed by atoms with Crippen LogP contribution in [0.3, 0.4) is 0 Å². The van der Waals surface area contributed by atoms with Gasteiger partial charge in [-0.25, -0.2) is 9.97 Å². The molecule has 0 radical (unpaired) electrons. The molecule has 1 fully saturated rings. The predicted molar refractivity (Wildman–Crippen MR) is 101 cm³/mol. The van der Waals surface area contributed by atoms with Crippen molar-refractivity contribution in [1.29, 1.82) is 0 Å². The molecular weight excluding hydrogens is 326 g/mol. The first-order valence-corrected chi connectivity index (χ1v) is 8.73. The average molecular weight is 346 g/mol. The molecule has 3 nitrogen and oxygen atoms in total. The summed E-state index contributed by atoms with van der Waals surface area (Å²) in [5.74, 6) is 1.93. The Morgan fingerprint density at radius 1 is 1.09 bits per heavy atom. The molecule has 3 heterocycles. The highest BCUT2D eigenvalue weighted by atomic mass is 35.5. The van der Waals surface area contributed by atoms with Crippen LogP contribution in [0.4, 0.5) is 5.82 Å². The summed E-state index contributed by atoms with van der Waals surface area (Å²) in [7, 11) is 0. The Hall–Kier alpha value is -1.65. The molecule has 0 N–H and O–H groups in total. The van der Waals surface area contributed by atoms with Crippen molar-refractivity contribution in [2.24, 2.45) is 5.92 Å². The van der Waals surface area contributed by atoms with Gasteiger partial charge in [-0.05, 0) is 24.3 Å². The summed E-state index contributed by atoms with van der Waals surface area (Å²) in [4.78, 5) is 12.6. The number of halogens is 1. The van der Waals surface area contributed by atoms with Crippen molar-refractivity contribution >= 4 is 39.8 Å². The van der Waals surface area contributed by atoms with Gasteiger partial charge in [0.1, 0.15) is 17.0 Å². The van der Waals surface area contributed by atoms with Crippen molar-refractivity contribution < 1.29 is 0 Å². The van der Waals surface area contributed by atoms with Gasteiger partial charge in [-0.15, -0.1) is 23.7 Å². The summed E-state index contributed by atoms with van der Waals surface area (Å²) in [6.45, 7) is 4.53. The van der Waals surface area contributed by atoms with E-state index < -0.39 is 0 Å². The van der Waals surface area contributed by atoms with Crippen molar-refractivity contribution in [3.05, 3.63) is 42.0 Å². The molecule has 23 heavy (non-hydrogen) atoms. The molecule has 120 valence electrons. The molecule has 0 unspecified atom stereocenters. The minimum Gasteiger partial charge on any atom is -0.356 e. The first kappa shape index (κ1) is 16.2. The zero-order valence-corrected chi connectivity index (χ0v) is 14.7. The molecule has 0 amide bonds. The largest absolute Gasteiger partial charge is 0.356 e.